The van der Waals surface area contributed by atoms with Crippen LogP contribution in [-0.4, -0.2) is 10.6 Å². The molecular weight excluding hydrogens is 481 g/mol. The van der Waals surface area contributed by atoms with Gasteiger partial charge in [-0.25, -0.2) is 13.2 Å². The van der Waals surface area contributed by atoms with Gasteiger partial charge in [-0.15, -0.1) is 0 Å². The van der Waals surface area contributed by atoms with E-state index in [-0.39, 0.29) is 16.4 Å². The first-order valence-electron chi connectivity index (χ1n) is 10.9. The number of rotatable bonds is 3. The van der Waals surface area contributed by atoms with Gasteiger partial charge in [0.05, 0.1) is 6.04 Å². The van der Waals surface area contributed by atoms with Crippen LogP contribution in [0.2, 0.25) is 0 Å². The minimum atomic E-state index is -2.59. The average molecular weight is 502 g/mol. The Hall–Kier alpha value is -3.10. The Morgan fingerprint density at radius 2 is 1.29 bits per heavy atom. The van der Waals surface area contributed by atoms with Crippen molar-refractivity contribution < 1.29 is 26.5 Å². The van der Waals surface area contributed by atoms with Crippen molar-refractivity contribution in [3.8, 4) is 0 Å². The van der Waals surface area contributed by atoms with Crippen molar-refractivity contribution in [1.29, 1.82) is 0 Å². The van der Waals surface area contributed by atoms with Gasteiger partial charge < -0.3 is 9.45 Å². The number of halogens is 5. The molecule has 2 unspecified atom stereocenters. The maximum absolute atomic E-state index is 14.2. The van der Waals surface area contributed by atoms with Crippen molar-refractivity contribution in [3.05, 3.63) is 112 Å². The summed E-state index contributed by atoms with van der Waals surface area (Å²) in [7, 11) is 0. The van der Waals surface area contributed by atoms with Gasteiger partial charge in [-0.1, -0.05) is 56.3 Å². The van der Waals surface area contributed by atoms with Crippen molar-refractivity contribution in [1.82, 2.24) is 0 Å². The highest BCUT2D eigenvalue weighted by molar-refractivity contribution is 7.95. The predicted octanol–water partition coefficient (Wildman–Crippen LogP) is 7.18. The summed E-state index contributed by atoms with van der Waals surface area (Å²) in [5.41, 5.74) is 4.03. The Labute approximate surface area is 202 Å². The summed E-state index contributed by atoms with van der Waals surface area (Å²) >= 11 is -2.59. The predicted molar refractivity (Wildman–Crippen MR) is 125 cm³/mol. The van der Waals surface area contributed by atoms with Gasteiger partial charge in [-0.3, -0.25) is 0 Å². The molecule has 0 fully saturated rings. The van der Waals surface area contributed by atoms with Crippen LogP contribution in [0.3, 0.4) is 0 Å². The van der Waals surface area contributed by atoms with Gasteiger partial charge in [0, 0.05) is 28.0 Å². The minimum absolute atomic E-state index is 0.0247. The Morgan fingerprint density at radius 1 is 0.800 bits per heavy atom. The zero-order chi connectivity index (χ0) is 25.1. The maximum Gasteiger partial charge on any atom is 0.236 e. The molecule has 0 saturated heterocycles. The first kappa shape index (κ1) is 23.6. The van der Waals surface area contributed by atoms with Gasteiger partial charge >= 0.3 is 0 Å². The molecule has 2 aliphatic rings. The number of hydrogen-bond donors (Lipinski definition) is 0. The van der Waals surface area contributed by atoms with Crippen molar-refractivity contribution in [2.24, 2.45) is 0 Å². The lowest BCUT2D eigenvalue weighted by molar-refractivity contribution is 0.358. The summed E-state index contributed by atoms with van der Waals surface area (Å²) in [6, 6.07) is 15.8. The van der Waals surface area contributed by atoms with E-state index in [1.54, 1.807) is 6.08 Å². The Balaban J connectivity index is 1.51. The standard InChI is InChI=1S/C27H20F5NOS/c1-27(2)17-7-3-5-9-19(17)33(20-10-6-4-8-18(20)27)15-11-13-16(14-12-15)35(34)26-24(31)22(29)21(28)23(30)25(26)32/h3-11,13-15H,12H2,1-2H3. The number of para-hydroxylation sites is 2. The largest absolute Gasteiger partial charge is 0.606 e. The van der Waals surface area contributed by atoms with Crippen LogP contribution >= 0.6 is 0 Å². The molecule has 3 aromatic carbocycles. The molecule has 2 nitrogen and oxygen atoms in total. The molecule has 1 heterocycles. The summed E-state index contributed by atoms with van der Waals surface area (Å²) < 4.78 is 82.0. The molecular formula is C27H20F5NOS. The van der Waals surface area contributed by atoms with Crippen molar-refractivity contribution in [2.45, 2.75) is 36.6 Å². The number of anilines is 2. The molecule has 0 bridgehead atoms. The molecule has 5 rings (SSSR count). The zero-order valence-electron chi connectivity index (χ0n) is 18.8. The highest BCUT2D eigenvalue weighted by atomic mass is 32.2. The maximum atomic E-state index is 14.2. The highest BCUT2D eigenvalue weighted by Gasteiger charge is 2.39. The van der Waals surface area contributed by atoms with Gasteiger partial charge in [-0.05, 0) is 41.8 Å². The third kappa shape index (κ3) is 3.58. The van der Waals surface area contributed by atoms with Crippen LogP contribution in [0.25, 0.3) is 0 Å². The molecule has 0 amide bonds. The van der Waals surface area contributed by atoms with Crippen LogP contribution in [0.5, 0.6) is 0 Å². The smallest absolute Gasteiger partial charge is 0.236 e. The lowest BCUT2D eigenvalue weighted by Gasteiger charge is -2.45. The lowest BCUT2D eigenvalue weighted by atomic mass is 9.73. The van der Waals surface area contributed by atoms with Crippen LogP contribution in [-0.2, 0) is 16.6 Å². The molecule has 0 saturated carbocycles. The zero-order valence-corrected chi connectivity index (χ0v) is 19.6. The summed E-state index contributed by atoms with van der Waals surface area (Å²) in [5.74, 6) is -10.7. The molecule has 0 N–H and O–H groups in total. The van der Waals surface area contributed by atoms with E-state index in [1.807, 2.05) is 36.4 Å². The summed E-state index contributed by atoms with van der Waals surface area (Å²) in [5, 5.41) is 0. The number of hydrogen-bond acceptors (Lipinski definition) is 2. The Kier molecular flexibility index (Phi) is 5.76. The monoisotopic (exact) mass is 501 g/mol. The van der Waals surface area contributed by atoms with Gasteiger partial charge in [0.25, 0.3) is 0 Å². The number of benzene rings is 3. The number of nitrogens with zero attached hydrogens (tertiary/aromatic N) is 1. The van der Waals surface area contributed by atoms with E-state index in [1.165, 1.54) is 12.2 Å². The van der Waals surface area contributed by atoms with E-state index >= 15 is 0 Å². The van der Waals surface area contributed by atoms with Crippen LogP contribution in [0.15, 0.2) is 76.6 Å². The molecule has 2 atom stereocenters. The molecule has 1 aliphatic heterocycles. The second kappa shape index (κ2) is 8.53. The Morgan fingerprint density at radius 3 is 1.77 bits per heavy atom. The quantitative estimate of drug-likeness (QED) is 0.165. The molecule has 35 heavy (non-hydrogen) atoms. The molecule has 8 heteroatoms. The van der Waals surface area contributed by atoms with E-state index in [4.69, 9.17) is 0 Å². The average Bonchev–Trinajstić information content (AvgIpc) is 2.87. The molecule has 0 aromatic heterocycles. The fourth-order valence-corrected chi connectivity index (χ4v) is 6.03. The molecule has 0 radical (unpaired) electrons. The second-order valence-electron chi connectivity index (χ2n) is 8.97. The van der Waals surface area contributed by atoms with Gasteiger partial charge in [-0.2, -0.15) is 8.78 Å². The fraction of sp³-hybridized carbons (Fsp3) is 0.185. The van der Waals surface area contributed by atoms with E-state index in [0.29, 0.717) is 6.42 Å². The van der Waals surface area contributed by atoms with Crippen LogP contribution in [0.4, 0.5) is 33.3 Å². The van der Waals surface area contributed by atoms with Crippen LogP contribution in [0.1, 0.15) is 31.4 Å². The minimum Gasteiger partial charge on any atom is -0.606 e. The van der Waals surface area contributed by atoms with Gasteiger partial charge in [0.1, 0.15) is 0 Å². The van der Waals surface area contributed by atoms with Gasteiger partial charge in [0.15, 0.2) is 4.91 Å². The Bertz CT molecular complexity index is 1320. The topological polar surface area (TPSA) is 26.3 Å². The SMILES string of the molecule is CC1(C)c2ccccc2N(C2C=CC([S+]([O-])c3c(F)c(F)c(F)c(F)c3F)=CC2)c2ccccc21. The van der Waals surface area contributed by atoms with Crippen molar-refractivity contribution in [3.63, 3.8) is 0 Å². The van der Waals surface area contributed by atoms with E-state index in [0.717, 1.165) is 22.5 Å². The summed E-state index contributed by atoms with van der Waals surface area (Å²) in [4.78, 5) is 0.788. The second-order valence-corrected chi connectivity index (χ2v) is 10.4. The van der Waals surface area contributed by atoms with E-state index < -0.39 is 45.2 Å². The van der Waals surface area contributed by atoms with E-state index in [2.05, 4.69) is 30.9 Å². The van der Waals surface area contributed by atoms with Crippen LogP contribution in [0, 0.1) is 29.1 Å². The normalized spacial score (nSPS) is 19.1. The number of fused-ring (bicyclic) bond motifs is 2. The van der Waals surface area contributed by atoms with Gasteiger partial charge in [0.2, 0.25) is 34.0 Å². The molecule has 1 aliphatic carbocycles. The first-order chi connectivity index (χ1) is 16.6. The van der Waals surface area contributed by atoms with E-state index in [9.17, 15) is 26.5 Å². The van der Waals surface area contributed by atoms with Crippen molar-refractivity contribution >= 4 is 22.6 Å². The molecule has 0 spiro atoms. The molecule has 180 valence electrons. The molecule has 3 aromatic rings. The fourth-order valence-electron chi connectivity index (χ4n) is 4.84. The number of allylic oxidation sites excluding steroid dienone is 1. The summed E-state index contributed by atoms with van der Waals surface area (Å²) in [6.07, 6.45) is 5.00. The lowest BCUT2D eigenvalue weighted by Crippen LogP contribution is -2.38. The summed E-state index contributed by atoms with van der Waals surface area (Å²) in [6.45, 7) is 4.31. The first-order valence-corrected chi connectivity index (χ1v) is 12.1. The van der Waals surface area contributed by atoms with Crippen molar-refractivity contribution in [2.75, 3.05) is 4.90 Å². The van der Waals surface area contributed by atoms with Crippen LogP contribution < -0.4 is 4.90 Å². The third-order valence-corrected chi connectivity index (χ3v) is 8.08. The highest BCUT2D eigenvalue weighted by Crippen LogP contribution is 2.50. The third-order valence-electron chi connectivity index (χ3n) is 6.62.